The maximum Gasteiger partial charge on any atom is 0.431 e. The summed E-state index contributed by atoms with van der Waals surface area (Å²) >= 11 is 0. The van der Waals surface area contributed by atoms with E-state index in [0.717, 1.165) is 5.56 Å². The summed E-state index contributed by atoms with van der Waals surface area (Å²) in [5, 5.41) is 0. The Kier molecular flexibility index (Phi) is 5.76. The predicted molar refractivity (Wildman–Crippen MR) is 103 cm³/mol. The van der Waals surface area contributed by atoms with Crippen molar-refractivity contribution in [2.45, 2.75) is 49.7 Å². The van der Waals surface area contributed by atoms with Crippen LogP contribution in [0.25, 0.3) is 0 Å². The fourth-order valence-electron chi connectivity index (χ4n) is 5.88. The third-order valence-corrected chi connectivity index (χ3v) is 7.17. The Labute approximate surface area is 178 Å². The molecule has 1 aromatic carbocycles. The van der Waals surface area contributed by atoms with Crippen molar-refractivity contribution in [3.8, 4) is 0 Å². The molecular weight excluding hydrogens is 415 g/mol. The van der Waals surface area contributed by atoms with Gasteiger partial charge in [-0.05, 0) is 37.2 Å². The van der Waals surface area contributed by atoms with Crippen LogP contribution in [0.1, 0.15) is 37.3 Å². The van der Waals surface area contributed by atoms with Gasteiger partial charge < -0.3 is 14.2 Å². The van der Waals surface area contributed by atoms with Gasteiger partial charge in [0, 0.05) is 6.04 Å². The lowest BCUT2D eigenvalue weighted by atomic mass is 9.64. The van der Waals surface area contributed by atoms with Crippen molar-refractivity contribution >= 4 is 11.9 Å². The van der Waals surface area contributed by atoms with Crippen molar-refractivity contribution < 1.29 is 37.0 Å². The van der Waals surface area contributed by atoms with Crippen LogP contribution in [0.2, 0.25) is 0 Å². The molecular formula is C22H26F3NO5. The Morgan fingerprint density at radius 2 is 1.74 bits per heavy atom. The topological polar surface area (TPSA) is 65.1 Å². The summed E-state index contributed by atoms with van der Waals surface area (Å²) in [6.07, 6.45) is -4.21. The number of esters is 2. The zero-order valence-electron chi connectivity index (χ0n) is 17.4. The second-order valence-electron chi connectivity index (χ2n) is 8.45. The molecule has 1 saturated carbocycles. The van der Waals surface area contributed by atoms with Crippen LogP contribution < -0.4 is 0 Å². The molecule has 6 nitrogen and oxygen atoms in total. The SMILES string of the molecule is COC(=O)[C@@H]1[C@@H]2CC[C@@]3(C(F)(F)F)OC[C@H](c4ccccc4)N3[C@@H]2CC[C@H]1C(=O)OC. The molecule has 170 valence electrons. The van der Waals surface area contributed by atoms with E-state index in [4.69, 9.17) is 14.2 Å². The molecule has 0 radical (unpaired) electrons. The summed E-state index contributed by atoms with van der Waals surface area (Å²) in [6, 6.07) is 7.80. The average Bonchev–Trinajstić information content (AvgIpc) is 3.19. The molecule has 0 spiro atoms. The number of rotatable bonds is 3. The van der Waals surface area contributed by atoms with E-state index >= 15 is 0 Å². The molecule has 0 amide bonds. The summed E-state index contributed by atoms with van der Waals surface area (Å²) < 4.78 is 58.5. The van der Waals surface area contributed by atoms with Crippen molar-refractivity contribution in [1.82, 2.24) is 4.90 Å². The standard InChI is InChI=1S/C22H26F3NO5/c1-29-19(27)15-8-9-16-14(18(15)20(28)30-2)10-11-21(22(23,24)25)26(16)17(12-31-21)13-6-4-3-5-7-13/h3-7,14-18H,8-12H2,1-2H3/t14-,15-,16-,17-,18-,21+/m1/s1. The Balaban J connectivity index is 1.77. The molecule has 0 bridgehead atoms. The molecule has 6 atom stereocenters. The van der Waals surface area contributed by atoms with Crippen LogP contribution in [0, 0.1) is 17.8 Å². The van der Waals surface area contributed by atoms with Gasteiger partial charge in [-0.15, -0.1) is 0 Å². The van der Waals surface area contributed by atoms with Crippen LogP contribution in [0.5, 0.6) is 0 Å². The van der Waals surface area contributed by atoms with Crippen LogP contribution in [0.15, 0.2) is 30.3 Å². The minimum atomic E-state index is -4.60. The number of benzene rings is 1. The third kappa shape index (κ3) is 3.42. The van der Waals surface area contributed by atoms with Crippen LogP contribution >= 0.6 is 0 Å². The number of halogens is 3. The minimum Gasteiger partial charge on any atom is -0.469 e. The number of hydrogen-bond acceptors (Lipinski definition) is 6. The second kappa shape index (κ2) is 8.09. The highest BCUT2D eigenvalue weighted by molar-refractivity contribution is 5.82. The molecule has 0 unspecified atom stereocenters. The van der Waals surface area contributed by atoms with E-state index < -0.39 is 53.7 Å². The average molecular weight is 441 g/mol. The molecule has 3 aliphatic rings. The molecule has 2 aliphatic heterocycles. The van der Waals surface area contributed by atoms with Crippen LogP contribution in [0.3, 0.4) is 0 Å². The maximum absolute atomic E-state index is 14.4. The number of fused-ring (bicyclic) bond motifs is 3. The van der Waals surface area contributed by atoms with E-state index in [2.05, 4.69) is 0 Å². The van der Waals surface area contributed by atoms with Crippen LogP contribution in [-0.4, -0.2) is 55.6 Å². The van der Waals surface area contributed by atoms with Crippen molar-refractivity contribution in [1.29, 1.82) is 0 Å². The van der Waals surface area contributed by atoms with E-state index in [1.54, 1.807) is 24.3 Å². The van der Waals surface area contributed by atoms with E-state index in [1.165, 1.54) is 19.1 Å². The number of hydrogen-bond donors (Lipinski definition) is 0. The molecule has 0 aromatic heterocycles. The lowest BCUT2D eigenvalue weighted by Gasteiger charge is -2.55. The Hall–Kier alpha value is -2.13. The van der Waals surface area contributed by atoms with Gasteiger partial charge >= 0.3 is 18.1 Å². The predicted octanol–water partition coefficient (Wildman–Crippen LogP) is 3.47. The van der Waals surface area contributed by atoms with Crippen LogP contribution in [0.4, 0.5) is 13.2 Å². The zero-order valence-corrected chi connectivity index (χ0v) is 17.4. The molecule has 9 heteroatoms. The smallest absolute Gasteiger partial charge is 0.431 e. The highest BCUT2D eigenvalue weighted by atomic mass is 19.4. The molecule has 3 fully saturated rings. The van der Waals surface area contributed by atoms with Crippen molar-refractivity contribution in [3.63, 3.8) is 0 Å². The first-order valence-corrected chi connectivity index (χ1v) is 10.4. The van der Waals surface area contributed by atoms with Crippen molar-refractivity contribution in [2.24, 2.45) is 17.8 Å². The van der Waals surface area contributed by atoms with E-state index in [-0.39, 0.29) is 25.9 Å². The van der Waals surface area contributed by atoms with E-state index in [9.17, 15) is 22.8 Å². The maximum atomic E-state index is 14.4. The lowest BCUT2D eigenvalue weighted by molar-refractivity contribution is -0.329. The Morgan fingerprint density at radius 3 is 2.35 bits per heavy atom. The highest BCUT2D eigenvalue weighted by Crippen LogP contribution is 2.58. The molecule has 2 saturated heterocycles. The van der Waals surface area contributed by atoms with Gasteiger partial charge in [-0.2, -0.15) is 13.2 Å². The molecule has 1 aliphatic carbocycles. The molecule has 4 rings (SSSR count). The summed E-state index contributed by atoms with van der Waals surface area (Å²) in [5.41, 5.74) is -1.66. The lowest BCUT2D eigenvalue weighted by Crippen LogP contribution is -2.67. The number of alkyl halides is 3. The quantitative estimate of drug-likeness (QED) is 0.670. The van der Waals surface area contributed by atoms with Gasteiger partial charge in [-0.25, -0.2) is 0 Å². The third-order valence-electron chi connectivity index (χ3n) is 7.17. The molecule has 0 N–H and O–H groups in total. The summed E-state index contributed by atoms with van der Waals surface area (Å²) in [4.78, 5) is 26.5. The van der Waals surface area contributed by atoms with Gasteiger partial charge in [0.1, 0.15) is 0 Å². The van der Waals surface area contributed by atoms with Gasteiger partial charge in [0.2, 0.25) is 5.72 Å². The zero-order chi connectivity index (χ0) is 22.4. The first-order chi connectivity index (χ1) is 14.7. The number of piperidine rings is 1. The largest absolute Gasteiger partial charge is 0.469 e. The molecule has 1 aromatic rings. The number of carbonyl (C=O) groups is 2. The normalized spacial score (nSPS) is 35.7. The summed E-state index contributed by atoms with van der Waals surface area (Å²) in [6.45, 7) is -0.0872. The summed E-state index contributed by atoms with van der Waals surface area (Å²) in [7, 11) is 2.48. The Morgan fingerprint density at radius 1 is 1.06 bits per heavy atom. The first kappa shape index (κ1) is 22.1. The van der Waals surface area contributed by atoms with Crippen LogP contribution in [-0.2, 0) is 23.8 Å². The van der Waals surface area contributed by atoms with Gasteiger partial charge in [0.25, 0.3) is 0 Å². The van der Waals surface area contributed by atoms with Gasteiger partial charge in [0.15, 0.2) is 0 Å². The van der Waals surface area contributed by atoms with Crippen molar-refractivity contribution in [2.75, 3.05) is 20.8 Å². The van der Waals surface area contributed by atoms with Crippen molar-refractivity contribution in [3.05, 3.63) is 35.9 Å². The van der Waals surface area contributed by atoms with Gasteiger partial charge in [-0.3, -0.25) is 14.5 Å². The Bertz CT molecular complexity index is 832. The fraction of sp³-hybridized carbons (Fsp3) is 0.636. The van der Waals surface area contributed by atoms with E-state index in [1.807, 2.05) is 6.07 Å². The molecule has 31 heavy (non-hydrogen) atoms. The van der Waals surface area contributed by atoms with E-state index in [0.29, 0.717) is 6.42 Å². The van der Waals surface area contributed by atoms with Gasteiger partial charge in [0.05, 0.1) is 38.7 Å². The highest BCUT2D eigenvalue weighted by Gasteiger charge is 2.70. The first-order valence-electron chi connectivity index (χ1n) is 10.4. The number of methoxy groups -OCH3 is 2. The van der Waals surface area contributed by atoms with Gasteiger partial charge in [-0.1, -0.05) is 30.3 Å². The minimum absolute atomic E-state index is 0.0872. The number of carbonyl (C=O) groups excluding carboxylic acids is 2. The second-order valence-corrected chi connectivity index (χ2v) is 8.45. The molecule has 2 heterocycles. The summed E-state index contributed by atoms with van der Waals surface area (Å²) in [5.74, 6) is -3.15. The number of nitrogens with zero attached hydrogens (tertiary/aromatic N) is 1. The monoisotopic (exact) mass is 441 g/mol. The fourth-order valence-corrected chi connectivity index (χ4v) is 5.88. The number of ether oxygens (including phenoxy) is 3.